The van der Waals surface area contributed by atoms with Gasteiger partial charge in [0.15, 0.2) is 11.5 Å². The van der Waals surface area contributed by atoms with Crippen LogP contribution in [0, 0.1) is 5.92 Å². The highest BCUT2D eigenvalue weighted by molar-refractivity contribution is 5.82. The van der Waals surface area contributed by atoms with Crippen LogP contribution in [0.4, 0.5) is 0 Å². The highest BCUT2D eigenvalue weighted by atomic mass is 16.6. The van der Waals surface area contributed by atoms with Crippen LogP contribution in [0.25, 0.3) is 0 Å². The van der Waals surface area contributed by atoms with Crippen molar-refractivity contribution in [3.05, 3.63) is 24.3 Å². The lowest BCUT2D eigenvalue weighted by molar-refractivity contribution is -0.143. The summed E-state index contributed by atoms with van der Waals surface area (Å²) in [5.41, 5.74) is 0. The molecule has 7 heteroatoms. The average molecular weight is 402 g/mol. The molecule has 7 nitrogen and oxygen atoms in total. The number of rotatable bonds is 4. The predicted octanol–water partition coefficient (Wildman–Crippen LogP) is 1.67. The van der Waals surface area contributed by atoms with Gasteiger partial charge in [0, 0.05) is 32.2 Å². The molecule has 2 heterocycles. The summed E-state index contributed by atoms with van der Waals surface area (Å²) >= 11 is 0. The Kier molecular flexibility index (Phi) is 6.23. The van der Waals surface area contributed by atoms with Gasteiger partial charge in [0.05, 0.1) is 6.54 Å². The summed E-state index contributed by atoms with van der Waals surface area (Å²) in [5, 5.41) is 3.21. The molecule has 0 unspecified atom stereocenters. The van der Waals surface area contributed by atoms with E-state index in [0.29, 0.717) is 56.2 Å². The highest BCUT2D eigenvalue weighted by Gasteiger charge is 2.33. The number of para-hydroxylation sites is 2. The Balaban J connectivity index is 1.22. The summed E-state index contributed by atoms with van der Waals surface area (Å²) in [6.07, 6.45) is 4.15. The zero-order valence-corrected chi connectivity index (χ0v) is 17.1. The van der Waals surface area contributed by atoms with Crippen LogP contribution in [0.15, 0.2) is 24.3 Å². The van der Waals surface area contributed by atoms with Crippen LogP contribution in [0.1, 0.15) is 32.6 Å². The quantitative estimate of drug-likeness (QED) is 0.831. The molecule has 2 amide bonds. The first-order valence-corrected chi connectivity index (χ1v) is 10.8. The van der Waals surface area contributed by atoms with Gasteiger partial charge in [-0.1, -0.05) is 31.9 Å². The minimum atomic E-state index is -0.604. The van der Waals surface area contributed by atoms with Crippen molar-refractivity contribution in [1.82, 2.24) is 15.1 Å². The van der Waals surface area contributed by atoms with Gasteiger partial charge >= 0.3 is 0 Å². The number of amides is 2. The standard InChI is InChI=1S/C22H31N3O4/c1-16-6-2-3-7-17(16)23-21(26)14-24-10-12-25(13-11-24)22(27)20-15-28-18-8-4-5-9-19(18)29-20/h4-5,8-9,16-17,20H,2-3,6-7,10-15H2,1H3,(H,23,26)/t16-,17-,20-/m0/s1. The fourth-order valence-electron chi connectivity index (χ4n) is 4.46. The molecule has 2 aliphatic heterocycles. The summed E-state index contributed by atoms with van der Waals surface area (Å²) in [7, 11) is 0. The topological polar surface area (TPSA) is 71.1 Å². The van der Waals surface area contributed by atoms with Gasteiger partial charge in [-0.2, -0.15) is 0 Å². The van der Waals surface area contributed by atoms with Crippen molar-refractivity contribution in [3.63, 3.8) is 0 Å². The van der Waals surface area contributed by atoms with E-state index in [0.717, 1.165) is 6.42 Å². The maximum Gasteiger partial charge on any atom is 0.267 e. The Bertz CT molecular complexity index is 733. The number of hydrogen-bond acceptors (Lipinski definition) is 5. The molecule has 0 radical (unpaired) electrons. The van der Waals surface area contributed by atoms with E-state index in [1.165, 1.54) is 19.3 Å². The zero-order valence-electron chi connectivity index (χ0n) is 17.1. The van der Waals surface area contributed by atoms with Crippen molar-refractivity contribution in [2.45, 2.75) is 44.8 Å². The normalized spacial score (nSPS) is 27.3. The number of carbonyl (C=O) groups is 2. The second-order valence-electron chi connectivity index (χ2n) is 8.40. The minimum absolute atomic E-state index is 0.0420. The largest absolute Gasteiger partial charge is 0.485 e. The van der Waals surface area contributed by atoms with E-state index in [4.69, 9.17) is 9.47 Å². The molecule has 4 rings (SSSR count). The first-order valence-electron chi connectivity index (χ1n) is 10.8. The lowest BCUT2D eigenvalue weighted by Crippen LogP contribution is -2.55. The van der Waals surface area contributed by atoms with Gasteiger partial charge in [0.2, 0.25) is 12.0 Å². The van der Waals surface area contributed by atoms with Gasteiger partial charge in [-0.3, -0.25) is 14.5 Å². The van der Waals surface area contributed by atoms with Crippen LogP contribution in [-0.2, 0) is 9.59 Å². The summed E-state index contributed by atoms with van der Waals surface area (Å²) in [4.78, 5) is 29.2. The molecule has 29 heavy (non-hydrogen) atoms. The van der Waals surface area contributed by atoms with Crippen LogP contribution in [0.3, 0.4) is 0 Å². The van der Waals surface area contributed by atoms with Gasteiger partial charge in [0.25, 0.3) is 5.91 Å². The third kappa shape index (κ3) is 4.83. The Morgan fingerprint density at radius 1 is 1.07 bits per heavy atom. The summed E-state index contributed by atoms with van der Waals surface area (Å²) in [5.74, 6) is 1.91. The first kappa shape index (κ1) is 20.0. The molecule has 3 aliphatic rings. The monoisotopic (exact) mass is 401 g/mol. The van der Waals surface area contributed by atoms with E-state index in [1.807, 2.05) is 29.2 Å². The molecular formula is C22H31N3O4. The molecule has 2 fully saturated rings. The molecule has 0 bridgehead atoms. The van der Waals surface area contributed by atoms with Gasteiger partial charge in [0.1, 0.15) is 6.61 Å². The number of ether oxygens (including phenoxy) is 2. The van der Waals surface area contributed by atoms with Crippen LogP contribution in [0.2, 0.25) is 0 Å². The van der Waals surface area contributed by atoms with Crippen molar-refractivity contribution in [1.29, 1.82) is 0 Å². The number of carbonyl (C=O) groups excluding carboxylic acids is 2. The van der Waals surface area contributed by atoms with Crippen molar-refractivity contribution in [3.8, 4) is 11.5 Å². The number of nitrogens with one attached hydrogen (secondary N) is 1. The molecule has 3 atom stereocenters. The van der Waals surface area contributed by atoms with E-state index in [9.17, 15) is 9.59 Å². The van der Waals surface area contributed by atoms with E-state index >= 15 is 0 Å². The Hall–Kier alpha value is -2.28. The van der Waals surface area contributed by atoms with E-state index < -0.39 is 6.10 Å². The minimum Gasteiger partial charge on any atom is -0.485 e. The first-order chi connectivity index (χ1) is 14.1. The Morgan fingerprint density at radius 2 is 1.79 bits per heavy atom. The number of nitrogens with zero attached hydrogens (tertiary/aromatic N) is 2. The second-order valence-corrected chi connectivity index (χ2v) is 8.40. The number of fused-ring (bicyclic) bond motifs is 1. The summed E-state index contributed by atoms with van der Waals surface area (Å²) < 4.78 is 11.5. The molecule has 0 spiro atoms. The van der Waals surface area contributed by atoms with Gasteiger partial charge in [-0.15, -0.1) is 0 Å². The smallest absolute Gasteiger partial charge is 0.267 e. The molecule has 1 aromatic rings. The number of benzene rings is 1. The number of piperazine rings is 1. The second kappa shape index (κ2) is 9.03. The number of hydrogen-bond donors (Lipinski definition) is 1. The fourth-order valence-corrected chi connectivity index (χ4v) is 4.46. The lowest BCUT2D eigenvalue weighted by Gasteiger charge is -2.37. The van der Waals surface area contributed by atoms with Crippen molar-refractivity contribution < 1.29 is 19.1 Å². The van der Waals surface area contributed by atoms with Crippen LogP contribution in [-0.4, -0.2) is 73.1 Å². The molecular weight excluding hydrogens is 370 g/mol. The maximum absolute atomic E-state index is 12.8. The Morgan fingerprint density at radius 3 is 2.55 bits per heavy atom. The van der Waals surface area contributed by atoms with E-state index in [2.05, 4.69) is 17.1 Å². The molecule has 1 saturated heterocycles. The van der Waals surface area contributed by atoms with Gasteiger partial charge in [-0.05, 0) is 30.9 Å². The molecule has 158 valence electrons. The molecule has 1 aliphatic carbocycles. The van der Waals surface area contributed by atoms with Crippen molar-refractivity contribution in [2.75, 3.05) is 39.3 Å². The third-order valence-corrected chi connectivity index (χ3v) is 6.29. The highest BCUT2D eigenvalue weighted by Crippen LogP contribution is 2.31. The fraction of sp³-hybridized carbons (Fsp3) is 0.636. The SMILES string of the molecule is C[C@H]1CCCC[C@@H]1NC(=O)CN1CCN(C(=O)[C@@H]2COc3ccccc3O2)CC1. The van der Waals surface area contributed by atoms with Crippen LogP contribution in [0.5, 0.6) is 11.5 Å². The Labute approximate surface area is 172 Å². The van der Waals surface area contributed by atoms with Crippen molar-refractivity contribution in [2.24, 2.45) is 5.92 Å². The van der Waals surface area contributed by atoms with Gasteiger partial charge < -0.3 is 19.7 Å². The zero-order chi connectivity index (χ0) is 20.2. The molecule has 1 aromatic carbocycles. The molecule has 1 saturated carbocycles. The predicted molar refractivity (Wildman–Crippen MR) is 109 cm³/mol. The third-order valence-electron chi connectivity index (χ3n) is 6.29. The maximum atomic E-state index is 12.8. The van der Waals surface area contributed by atoms with Crippen molar-refractivity contribution >= 4 is 11.8 Å². The molecule has 0 aromatic heterocycles. The molecule has 1 N–H and O–H groups in total. The lowest BCUT2D eigenvalue weighted by atomic mass is 9.86. The van der Waals surface area contributed by atoms with Gasteiger partial charge in [-0.25, -0.2) is 0 Å². The van der Waals surface area contributed by atoms with Crippen LogP contribution < -0.4 is 14.8 Å². The van der Waals surface area contributed by atoms with E-state index in [-0.39, 0.29) is 18.4 Å². The summed E-state index contributed by atoms with van der Waals surface area (Å²) in [6.45, 7) is 5.47. The average Bonchev–Trinajstić information content (AvgIpc) is 2.75. The van der Waals surface area contributed by atoms with Crippen LogP contribution >= 0.6 is 0 Å². The van der Waals surface area contributed by atoms with E-state index in [1.54, 1.807) is 0 Å². The summed E-state index contributed by atoms with van der Waals surface area (Å²) in [6, 6.07) is 7.72.